The molecule has 0 bridgehead atoms. The number of hydrogen-bond donors (Lipinski definition) is 3. The van der Waals surface area contributed by atoms with Crippen molar-refractivity contribution in [1.29, 1.82) is 0 Å². The van der Waals surface area contributed by atoms with E-state index in [0.717, 1.165) is 22.1 Å². The van der Waals surface area contributed by atoms with E-state index in [1.165, 1.54) is 6.07 Å². The molecule has 3 N–H and O–H groups in total. The Hall–Kier alpha value is -4.92. The van der Waals surface area contributed by atoms with Gasteiger partial charge in [0.05, 0.1) is 0 Å². The highest BCUT2D eigenvalue weighted by molar-refractivity contribution is 5.99. The zero-order valence-electron chi connectivity index (χ0n) is 23.9. The predicted molar refractivity (Wildman–Crippen MR) is 161 cm³/mol. The molecule has 2 atom stereocenters. The Morgan fingerprint density at radius 3 is 2.14 bits per heavy atom. The summed E-state index contributed by atoms with van der Waals surface area (Å²) in [4.78, 5) is 51.5. The summed E-state index contributed by atoms with van der Waals surface area (Å²) in [5.41, 5.74) is 2.71. The molecule has 3 amide bonds. The van der Waals surface area contributed by atoms with Gasteiger partial charge >= 0.3 is 11.7 Å². The molecule has 0 radical (unpaired) electrons. The van der Waals surface area contributed by atoms with Crippen LogP contribution in [0.4, 0.5) is 10.5 Å². The second-order valence-electron chi connectivity index (χ2n) is 10.6. The quantitative estimate of drug-likeness (QED) is 0.216. The van der Waals surface area contributed by atoms with Gasteiger partial charge in [0.15, 0.2) is 0 Å². The third kappa shape index (κ3) is 8.54. The summed E-state index contributed by atoms with van der Waals surface area (Å²) in [6.45, 7) is 5.75. The molecule has 0 saturated carbocycles. The van der Waals surface area contributed by atoms with Gasteiger partial charge in [-0.3, -0.25) is 9.59 Å². The molecule has 42 heavy (non-hydrogen) atoms. The third-order valence-electron chi connectivity index (χ3n) is 6.66. The van der Waals surface area contributed by atoms with Gasteiger partial charge in [-0.2, -0.15) is 0 Å². The van der Waals surface area contributed by atoms with Crippen LogP contribution in [0.25, 0.3) is 11.0 Å². The Morgan fingerprint density at radius 2 is 1.48 bits per heavy atom. The third-order valence-corrected chi connectivity index (χ3v) is 6.66. The lowest BCUT2D eigenvalue weighted by Crippen LogP contribution is -2.53. The number of amides is 3. The summed E-state index contributed by atoms with van der Waals surface area (Å²) >= 11 is 0. The summed E-state index contributed by atoms with van der Waals surface area (Å²) in [6.07, 6.45) is -0.185. The Morgan fingerprint density at radius 1 is 0.810 bits per heavy atom. The second kappa shape index (κ2) is 14.1. The smallest absolute Gasteiger partial charge is 0.408 e. The number of hydrogen-bond acceptors (Lipinski definition) is 6. The molecule has 0 aliphatic carbocycles. The largest absolute Gasteiger partial charge is 0.445 e. The maximum absolute atomic E-state index is 13.5. The van der Waals surface area contributed by atoms with Gasteiger partial charge in [-0.25, -0.2) is 9.59 Å². The molecule has 4 rings (SSSR count). The van der Waals surface area contributed by atoms with Crippen molar-refractivity contribution in [3.05, 3.63) is 112 Å². The zero-order valence-corrected chi connectivity index (χ0v) is 23.9. The van der Waals surface area contributed by atoms with Crippen LogP contribution in [0, 0.1) is 12.8 Å². The molecule has 9 heteroatoms. The molecular weight excluding hydrogens is 534 g/mol. The monoisotopic (exact) mass is 569 g/mol. The number of carbonyl (C=O) groups is 3. The number of anilines is 1. The standard InChI is InChI=1S/C33H35N3O6/c1-21(2)16-27(31(38)34-25-14-15-26-22(3)17-30(37)42-29(26)19-25)35-32(39)28(18-23-10-6-4-7-11-23)36-33(40)41-20-24-12-8-5-9-13-24/h4-15,17,19,21,27-28H,16,18,20H2,1-3H3,(H,34,38)(H,35,39)(H,36,40)/t27-,28-/m0/s1. The van der Waals surface area contributed by atoms with Crippen LogP contribution in [-0.2, 0) is 27.4 Å². The van der Waals surface area contributed by atoms with Crippen molar-refractivity contribution >= 4 is 34.6 Å². The van der Waals surface area contributed by atoms with Gasteiger partial charge in [-0.1, -0.05) is 74.5 Å². The van der Waals surface area contributed by atoms with Gasteiger partial charge < -0.3 is 25.1 Å². The first-order valence-electron chi connectivity index (χ1n) is 13.8. The molecule has 0 spiro atoms. The predicted octanol–water partition coefficient (Wildman–Crippen LogP) is 5.11. The highest BCUT2D eigenvalue weighted by Crippen LogP contribution is 2.21. The van der Waals surface area contributed by atoms with E-state index in [1.54, 1.807) is 18.2 Å². The fourth-order valence-electron chi connectivity index (χ4n) is 4.57. The van der Waals surface area contributed by atoms with Crippen molar-refractivity contribution in [2.45, 2.75) is 52.3 Å². The molecule has 4 aromatic rings. The molecule has 0 aliphatic heterocycles. The number of ether oxygens (including phenoxy) is 1. The minimum atomic E-state index is -0.990. The van der Waals surface area contributed by atoms with Crippen LogP contribution in [0.1, 0.15) is 37.0 Å². The Kier molecular flexibility index (Phi) is 10.1. The summed E-state index contributed by atoms with van der Waals surface area (Å²) in [6, 6.07) is 23.1. The number of fused-ring (bicyclic) bond motifs is 1. The van der Waals surface area contributed by atoms with Gasteiger partial charge in [0.25, 0.3) is 0 Å². The molecule has 0 fully saturated rings. The summed E-state index contributed by atoms with van der Waals surface area (Å²) in [5, 5.41) is 9.08. The highest BCUT2D eigenvalue weighted by atomic mass is 16.5. The van der Waals surface area contributed by atoms with Gasteiger partial charge in [-0.15, -0.1) is 0 Å². The van der Waals surface area contributed by atoms with Crippen molar-refractivity contribution in [2.24, 2.45) is 5.92 Å². The fraction of sp³-hybridized carbons (Fsp3) is 0.273. The topological polar surface area (TPSA) is 127 Å². The van der Waals surface area contributed by atoms with Crippen LogP contribution in [0.2, 0.25) is 0 Å². The van der Waals surface area contributed by atoms with E-state index in [4.69, 9.17) is 9.15 Å². The van der Waals surface area contributed by atoms with E-state index in [2.05, 4.69) is 16.0 Å². The van der Waals surface area contributed by atoms with Crippen LogP contribution in [0.5, 0.6) is 0 Å². The lowest BCUT2D eigenvalue weighted by atomic mass is 10.0. The van der Waals surface area contributed by atoms with Gasteiger partial charge in [0, 0.05) is 29.6 Å². The maximum Gasteiger partial charge on any atom is 0.408 e. The highest BCUT2D eigenvalue weighted by Gasteiger charge is 2.28. The first-order chi connectivity index (χ1) is 20.2. The lowest BCUT2D eigenvalue weighted by Gasteiger charge is -2.24. The summed E-state index contributed by atoms with van der Waals surface area (Å²) < 4.78 is 10.7. The second-order valence-corrected chi connectivity index (χ2v) is 10.6. The van der Waals surface area contributed by atoms with Crippen LogP contribution in [0.15, 0.2) is 94.1 Å². The molecule has 0 unspecified atom stereocenters. The Balaban J connectivity index is 1.48. The van der Waals surface area contributed by atoms with E-state index < -0.39 is 35.6 Å². The van der Waals surface area contributed by atoms with E-state index in [-0.39, 0.29) is 18.9 Å². The number of nitrogens with one attached hydrogen (secondary N) is 3. The molecule has 1 heterocycles. The van der Waals surface area contributed by atoms with Crippen molar-refractivity contribution in [3.63, 3.8) is 0 Å². The Bertz CT molecular complexity index is 1580. The SMILES string of the molecule is Cc1cc(=O)oc2cc(NC(=O)[C@H](CC(C)C)NC(=O)[C@H](Cc3ccccc3)NC(=O)OCc3ccccc3)ccc12. The van der Waals surface area contributed by atoms with Crippen LogP contribution >= 0.6 is 0 Å². The number of benzene rings is 3. The molecule has 0 aliphatic rings. The number of alkyl carbamates (subject to hydrolysis) is 1. The Labute approximate surface area is 244 Å². The average molecular weight is 570 g/mol. The van der Waals surface area contributed by atoms with Crippen molar-refractivity contribution < 1.29 is 23.5 Å². The average Bonchev–Trinajstić information content (AvgIpc) is 2.96. The number of rotatable bonds is 11. The zero-order chi connectivity index (χ0) is 30.1. The van der Waals surface area contributed by atoms with E-state index in [9.17, 15) is 19.2 Å². The minimum absolute atomic E-state index is 0.0517. The number of aryl methyl sites for hydroxylation is 1. The van der Waals surface area contributed by atoms with Crippen molar-refractivity contribution in [1.82, 2.24) is 10.6 Å². The maximum atomic E-state index is 13.5. The van der Waals surface area contributed by atoms with Crippen LogP contribution in [-0.4, -0.2) is 30.0 Å². The molecule has 9 nitrogen and oxygen atoms in total. The molecule has 1 aromatic heterocycles. The van der Waals surface area contributed by atoms with E-state index in [1.807, 2.05) is 81.4 Å². The molecule has 3 aromatic carbocycles. The van der Waals surface area contributed by atoms with Crippen molar-refractivity contribution in [3.8, 4) is 0 Å². The van der Waals surface area contributed by atoms with Crippen LogP contribution < -0.4 is 21.6 Å². The van der Waals surface area contributed by atoms with Gasteiger partial charge in [0.2, 0.25) is 11.8 Å². The fourth-order valence-corrected chi connectivity index (χ4v) is 4.57. The van der Waals surface area contributed by atoms with Gasteiger partial charge in [0.1, 0.15) is 24.3 Å². The molecular formula is C33H35N3O6. The lowest BCUT2D eigenvalue weighted by molar-refractivity contribution is -0.128. The van der Waals surface area contributed by atoms with Crippen molar-refractivity contribution in [2.75, 3.05) is 5.32 Å². The molecule has 0 saturated heterocycles. The van der Waals surface area contributed by atoms with Crippen LogP contribution in [0.3, 0.4) is 0 Å². The van der Waals surface area contributed by atoms with Gasteiger partial charge in [-0.05, 0) is 48.1 Å². The first-order valence-corrected chi connectivity index (χ1v) is 13.8. The molecule has 218 valence electrons. The minimum Gasteiger partial charge on any atom is -0.445 e. The first kappa shape index (κ1) is 30.0. The number of carbonyl (C=O) groups excluding carboxylic acids is 3. The van der Waals surface area contributed by atoms with E-state index in [0.29, 0.717) is 17.7 Å². The normalized spacial score (nSPS) is 12.4. The summed E-state index contributed by atoms with van der Waals surface area (Å²) in [7, 11) is 0. The van der Waals surface area contributed by atoms with E-state index >= 15 is 0 Å². The summed E-state index contributed by atoms with van der Waals surface area (Å²) in [5.74, 6) is -0.873.